The highest BCUT2D eigenvalue weighted by Gasteiger charge is 2.21. The molecule has 4 nitrogen and oxygen atoms in total. The van der Waals surface area contributed by atoms with Crippen LogP contribution in [-0.2, 0) is 14.3 Å². The summed E-state index contributed by atoms with van der Waals surface area (Å²) in [5.74, 6) is 1.24. The normalized spacial score (nSPS) is 26.9. The van der Waals surface area contributed by atoms with Gasteiger partial charge in [0.2, 0.25) is 0 Å². The molecule has 1 fully saturated rings. The maximum Gasteiger partial charge on any atom is 0.264 e. The summed E-state index contributed by atoms with van der Waals surface area (Å²) < 4.78 is 26.5. The number of nitrogens with one attached hydrogen (secondary N) is 1. The minimum absolute atomic E-state index is 0.373. The Morgan fingerprint density at radius 1 is 1.19 bits per heavy atom. The lowest BCUT2D eigenvalue weighted by molar-refractivity contribution is 0.184. The second-order valence-corrected chi connectivity index (χ2v) is 6.41. The Kier molecular flexibility index (Phi) is 5.72. The molecule has 0 aromatic heterocycles. The molecule has 0 aromatic carbocycles. The van der Waals surface area contributed by atoms with Crippen LogP contribution < -0.4 is 5.32 Å². The van der Waals surface area contributed by atoms with Crippen molar-refractivity contribution in [2.45, 2.75) is 32.1 Å². The van der Waals surface area contributed by atoms with Crippen molar-refractivity contribution in [1.29, 1.82) is 0 Å². The van der Waals surface area contributed by atoms with E-state index in [1.165, 1.54) is 19.3 Å². The van der Waals surface area contributed by atoms with Crippen molar-refractivity contribution in [2.75, 3.05) is 26.5 Å². The molecule has 1 saturated carbocycles. The molecular formula is C11H23NO3S. The van der Waals surface area contributed by atoms with E-state index in [1.807, 2.05) is 7.05 Å². The minimum Gasteiger partial charge on any atom is -0.320 e. The monoisotopic (exact) mass is 249 g/mol. The van der Waals surface area contributed by atoms with E-state index in [2.05, 4.69) is 5.32 Å². The fraction of sp³-hybridized carbons (Fsp3) is 1.00. The molecule has 1 aliphatic rings. The van der Waals surface area contributed by atoms with Crippen LogP contribution in [0, 0.1) is 11.8 Å². The van der Waals surface area contributed by atoms with Gasteiger partial charge in [0.25, 0.3) is 10.1 Å². The van der Waals surface area contributed by atoms with Crippen molar-refractivity contribution in [1.82, 2.24) is 5.32 Å². The van der Waals surface area contributed by atoms with Crippen LogP contribution in [-0.4, -0.2) is 34.9 Å². The molecule has 0 amide bonds. The Morgan fingerprint density at radius 3 is 2.25 bits per heavy atom. The Morgan fingerprint density at radius 2 is 1.75 bits per heavy atom. The Balaban J connectivity index is 2.17. The molecule has 0 spiro atoms. The summed E-state index contributed by atoms with van der Waals surface area (Å²) in [4.78, 5) is 0. The standard InChI is InChI=1S/C11H23NO3S/c1-12-8-7-10-3-5-11(6-4-10)9-15-16(2,13)14/h10-12H,3-9H2,1-2H3. The molecular weight excluding hydrogens is 226 g/mol. The van der Waals surface area contributed by atoms with Crippen LogP contribution in [0.2, 0.25) is 0 Å². The van der Waals surface area contributed by atoms with Gasteiger partial charge in [0.1, 0.15) is 0 Å². The van der Waals surface area contributed by atoms with Gasteiger partial charge in [0.15, 0.2) is 0 Å². The first-order chi connectivity index (χ1) is 7.51. The average Bonchev–Trinajstić information content (AvgIpc) is 2.24. The maximum absolute atomic E-state index is 10.8. The molecule has 96 valence electrons. The van der Waals surface area contributed by atoms with Crippen LogP contribution in [0.4, 0.5) is 0 Å². The molecule has 16 heavy (non-hydrogen) atoms. The fourth-order valence-electron chi connectivity index (χ4n) is 2.26. The third-order valence-electron chi connectivity index (χ3n) is 3.29. The minimum atomic E-state index is -3.26. The van der Waals surface area contributed by atoms with Gasteiger partial charge >= 0.3 is 0 Å². The summed E-state index contributed by atoms with van der Waals surface area (Å²) in [7, 11) is -1.28. The Bertz CT molecular complexity index is 282. The molecule has 0 heterocycles. The van der Waals surface area contributed by atoms with Crippen LogP contribution in [0.1, 0.15) is 32.1 Å². The average molecular weight is 249 g/mol. The van der Waals surface area contributed by atoms with Gasteiger partial charge in [0.05, 0.1) is 12.9 Å². The summed E-state index contributed by atoms with van der Waals surface area (Å²) in [5.41, 5.74) is 0. The highest BCUT2D eigenvalue weighted by Crippen LogP contribution is 2.30. The second-order valence-electron chi connectivity index (χ2n) is 4.77. The zero-order valence-corrected chi connectivity index (χ0v) is 11.1. The van der Waals surface area contributed by atoms with Crippen molar-refractivity contribution in [3.05, 3.63) is 0 Å². The summed E-state index contributed by atoms with van der Waals surface area (Å²) in [6.07, 6.45) is 6.97. The van der Waals surface area contributed by atoms with Gasteiger partial charge in [0, 0.05) is 0 Å². The molecule has 0 aromatic rings. The van der Waals surface area contributed by atoms with E-state index in [-0.39, 0.29) is 0 Å². The van der Waals surface area contributed by atoms with Gasteiger partial charge in [-0.2, -0.15) is 8.42 Å². The lowest BCUT2D eigenvalue weighted by Crippen LogP contribution is -2.22. The Hall–Kier alpha value is -0.130. The van der Waals surface area contributed by atoms with Crippen LogP contribution in [0.5, 0.6) is 0 Å². The SMILES string of the molecule is CNCCC1CCC(COS(C)(=O)=O)CC1. The largest absolute Gasteiger partial charge is 0.320 e. The predicted octanol–water partition coefficient (Wildman–Crippen LogP) is 1.38. The third-order valence-corrected chi connectivity index (χ3v) is 3.85. The van der Waals surface area contributed by atoms with Gasteiger partial charge < -0.3 is 5.32 Å². The molecule has 0 atom stereocenters. The van der Waals surface area contributed by atoms with E-state index < -0.39 is 10.1 Å². The van der Waals surface area contributed by atoms with E-state index in [4.69, 9.17) is 4.18 Å². The van der Waals surface area contributed by atoms with Crippen LogP contribution in [0.15, 0.2) is 0 Å². The fourth-order valence-corrected chi connectivity index (χ4v) is 2.69. The van der Waals surface area contributed by atoms with Gasteiger partial charge in [-0.1, -0.05) is 12.8 Å². The molecule has 0 unspecified atom stereocenters. The molecule has 5 heteroatoms. The summed E-state index contributed by atoms with van der Waals surface area (Å²) in [6, 6.07) is 0. The van der Waals surface area contributed by atoms with Gasteiger partial charge in [-0.15, -0.1) is 0 Å². The van der Waals surface area contributed by atoms with Gasteiger partial charge in [-0.3, -0.25) is 4.18 Å². The van der Waals surface area contributed by atoms with E-state index in [9.17, 15) is 8.42 Å². The van der Waals surface area contributed by atoms with Crippen molar-refractivity contribution < 1.29 is 12.6 Å². The molecule has 1 N–H and O–H groups in total. The van der Waals surface area contributed by atoms with Crippen molar-refractivity contribution in [3.63, 3.8) is 0 Å². The van der Waals surface area contributed by atoms with E-state index >= 15 is 0 Å². The number of rotatable bonds is 6. The number of hydrogen-bond donors (Lipinski definition) is 1. The van der Waals surface area contributed by atoms with Gasteiger partial charge in [-0.05, 0) is 44.7 Å². The third kappa shape index (κ3) is 5.82. The molecule has 0 aliphatic heterocycles. The lowest BCUT2D eigenvalue weighted by atomic mass is 9.81. The first-order valence-electron chi connectivity index (χ1n) is 6.00. The van der Waals surface area contributed by atoms with E-state index in [0.29, 0.717) is 12.5 Å². The second kappa shape index (κ2) is 6.57. The van der Waals surface area contributed by atoms with Crippen LogP contribution in [0.3, 0.4) is 0 Å². The van der Waals surface area contributed by atoms with E-state index in [0.717, 1.165) is 31.6 Å². The first-order valence-corrected chi connectivity index (χ1v) is 7.82. The van der Waals surface area contributed by atoms with Crippen molar-refractivity contribution in [2.24, 2.45) is 11.8 Å². The summed E-state index contributed by atoms with van der Waals surface area (Å²) in [6.45, 7) is 1.45. The van der Waals surface area contributed by atoms with Crippen molar-refractivity contribution >= 4 is 10.1 Å². The molecule has 1 rings (SSSR count). The maximum atomic E-state index is 10.8. The molecule has 0 saturated heterocycles. The first kappa shape index (κ1) is 13.9. The smallest absolute Gasteiger partial charge is 0.264 e. The van der Waals surface area contributed by atoms with Crippen LogP contribution >= 0.6 is 0 Å². The van der Waals surface area contributed by atoms with Crippen LogP contribution in [0.25, 0.3) is 0 Å². The highest BCUT2D eigenvalue weighted by atomic mass is 32.2. The topological polar surface area (TPSA) is 55.4 Å². The van der Waals surface area contributed by atoms with Gasteiger partial charge in [-0.25, -0.2) is 0 Å². The van der Waals surface area contributed by atoms with Crippen molar-refractivity contribution in [3.8, 4) is 0 Å². The molecule has 0 bridgehead atoms. The van der Waals surface area contributed by atoms with E-state index in [1.54, 1.807) is 0 Å². The highest BCUT2D eigenvalue weighted by molar-refractivity contribution is 7.85. The lowest BCUT2D eigenvalue weighted by Gasteiger charge is -2.27. The zero-order chi connectivity index (χ0) is 12.0. The predicted molar refractivity (Wildman–Crippen MR) is 64.8 cm³/mol. The number of hydrogen-bond acceptors (Lipinski definition) is 4. The Labute approximate surface area is 98.9 Å². The molecule has 0 radical (unpaired) electrons. The summed E-state index contributed by atoms with van der Waals surface area (Å²) >= 11 is 0. The quantitative estimate of drug-likeness (QED) is 0.723. The summed E-state index contributed by atoms with van der Waals surface area (Å²) in [5, 5.41) is 3.17. The molecule has 1 aliphatic carbocycles. The zero-order valence-electron chi connectivity index (χ0n) is 10.2.